The largest absolute Gasteiger partial charge is 0.341 e. The summed E-state index contributed by atoms with van der Waals surface area (Å²) in [6, 6.07) is 14.6. The van der Waals surface area contributed by atoms with Crippen molar-refractivity contribution in [2.75, 3.05) is 11.4 Å². The van der Waals surface area contributed by atoms with Crippen LogP contribution in [0, 0.1) is 0 Å². The molecule has 0 saturated heterocycles. The number of hydrogen-bond donors (Lipinski definition) is 1. The number of benzene rings is 2. The molecule has 2 aromatic carbocycles. The average Bonchev–Trinajstić information content (AvgIpc) is 2.82. The van der Waals surface area contributed by atoms with Gasteiger partial charge in [0.15, 0.2) is 0 Å². The first-order valence-corrected chi connectivity index (χ1v) is 6.51. The minimum atomic E-state index is 0.482. The zero-order valence-electron chi connectivity index (χ0n) is 10.1. The molecule has 18 heavy (non-hydrogen) atoms. The van der Waals surface area contributed by atoms with Gasteiger partial charge in [-0.05, 0) is 35.7 Å². The highest BCUT2D eigenvalue weighted by molar-refractivity contribution is 6.31. The minimum Gasteiger partial charge on any atom is -0.341 e. The van der Waals surface area contributed by atoms with Gasteiger partial charge >= 0.3 is 0 Å². The number of fused-ring (bicyclic) bond motifs is 1. The summed E-state index contributed by atoms with van der Waals surface area (Å²) >= 11 is 6.23. The predicted molar refractivity (Wildman–Crippen MR) is 76.5 cm³/mol. The van der Waals surface area contributed by atoms with Gasteiger partial charge in [0.05, 0.1) is 0 Å². The standard InChI is InChI=1S/C15H15ClN2/c16-14-9-13(6-5-12(14)10-17)18-8-7-11-3-1-2-4-15(11)18/h1-6,9H,7-8,10,17H2. The van der Waals surface area contributed by atoms with Gasteiger partial charge in [0.1, 0.15) is 0 Å². The third kappa shape index (κ3) is 1.88. The van der Waals surface area contributed by atoms with Crippen molar-refractivity contribution >= 4 is 23.0 Å². The molecule has 0 unspecified atom stereocenters. The lowest BCUT2D eigenvalue weighted by Crippen LogP contribution is -2.13. The van der Waals surface area contributed by atoms with Crippen LogP contribution in [0.5, 0.6) is 0 Å². The van der Waals surface area contributed by atoms with E-state index in [1.165, 1.54) is 11.3 Å². The Hall–Kier alpha value is -1.51. The molecule has 3 rings (SSSR count). The van der Waals surface area contributed by atoms with Gasteiger partial charge in [0, 0.05) is 29.5 Å². The van der Waals surface area contributed by atoms with Crippen LogP contribution in [0.3, 0.4) is 0 Å². The molecule has 92 valence electrons. The molecule has 0 saturated carbocycles. The van der Waals surface area contributed by atoms with Crippen LogP contribution >= 0.6 is 11.6 Å². The van der Waals surface area contributed by atoms with Crippen LogP contribution in [-0.4, -0.2) is 6.54 Å². The normalized spacial score (nSPS) is 13.8. The highest BCUT2D eigenvalue weighted by Gasteiger charge is 2.19. The van der Waals surface area contributed by atoms with Crippen LogP contribution < -0.4 is 10.6 Å². The Morgan fingerprint density at radius 2 is 2.00 bits per heavy atom. The molecule has 1 aliphatic heterocycles. The highest BCUT2D eigenvalue weighted by atomic mass is 35.5. The van der Waals surface area contributed by atoms with Crippen LogP contribution in [0.15, 0.2) is 42.5 Å². The van der Waals surface area contributed by atoms with Gasteiger partial charge in [-0.15, -0.1) is 0 Å². The molecular weight excluding hydrogens is 244 g/mol. The van der Waals surface area contributed by atoms with Crippen molar-refractivity contribution in [1.29, 1.82) is 0 Å². The lowest BCUT2D eigenvalue weighted by Gasteiger charge is -2.20. The molecule has 0 aromatic heterocycles. The second-order valence-electron chi connectivity index (χ2n) is 4.51. The van der Waals surface area contributed by atoms with E-state index in [4.69, 9.17) is 17.3 Å². The lowest BCUT2D eigenvalue weighted by atomic mass is 10.1. The van der Waals surface area contributed by atoms with Crippen molar-refractivity contribution in [3.8, 4) is 0 Å². The van der Waals surface area contributed by atoms with Gasteiger partial charge in [0.2, 0.25) is 0 Å². The number of nitrogens with two attached hydrogens (primary N) is 1. The minimum absolute atomic E-state index is 0.482. The van der Waals surface area contributed by atoms with Gasteiger partial charge < -0.3 is 10.6 Å². The summed E-state index contributed by atoms with van der Waals surface area (Å²) < 4.78 is 0. The fourth-order valence-electron chi connectivity index (χ4n) is 2.48. The average molecular weight is 259 g/mol. The Labute approximate surface area is 112 Å². The van der Waals surface area contributed by atoms with E-state index in [-0.39, 0.29) is 0 Å². The molecule has 1 aliphatic rings. The Balaban J connectivity index is 2.00. The Morgan fingerprint density at radius 1 is 1.17 bits per heavy atom. The first kappa shape index (κ1) is 11.6. The maximum atomic E-state index is 6.23. The van der Waals surface area contributed by atoms with E-state index in [2.05, 4.69) is 35.2 Å². The fourth-order valence-corrected chi connectivity index (χ4v) is 2.73. The van der Waals surface area contributed by atoms with Crippen LogP contribution in [0.25, 0.3) is 0 Å². The van der Waals surface area contributed by atoms with Crippen LogP contribution in [0.2, 0.25) is 5.02 Å². The van der Waals surface area contributed by atoms with Crippen molar-refractivity contribution in [2.45, 2.75) is 13.0 Å². The van der Waals surface area contributed by atoms with E-state index in [0.717, 1.165) is 29.2 Å². The molecule has 0 atom stereocenters. The molecule has 2 nitrogen and oxygen atoms in total. The maximum absolute atomic E-state index is 6.23. The summed E-state index contributed by atoms with van der Waals surface area (Å²) in [6.45, 7) is 1.49. The molecule has 3 heteroatoms. The number of anilines is 2. The van der Waals surface area contributed by atoms with Gasteiger partial charge in [-0.25, -0.2) is 0 Å². The van der Waals surface area contributed by atoms with Crippen LogP contribution in [0.1, 0.15) is 11.1 Å². The zero-order chi connectivity index (χ0) is 12.5. The van der Waals surface area contributed by atoms with Gasteiger partial charge in [-0.1, -0.05) is 35.9 Å². The van der Waals surface area contributed by atoms with Crippen molar-refractivity contribution < 1.29 is 0 Å². The second-order valence-corrected chi connectivity index (χ2v) is 4.92. The SMILES string of the molecule is NCc1ccc(N2CCc3ccccc32)cc1Cl. The number of rotatable bonds is 2. The summed E-state index contributed by atoms with van der Waals surface area (Å²) in [6.07, 6.45) is 1.09. The molecular formula is C15H15ClN2. The first-order chi connectivity index (χ1) is 8.79. The van der Waals surface area contributed by atoms with E-state index in [9.17, 15) is 0 Å². The summed E-state index contributed by atoms with van der Waals surface area (Å²) in [5, 5.41) is 0.749. The summed E-state index contributed by atoms with van der Waals surface area (Å²) in [4.78, 5) is 2.31. The molecule has 2 N–H and O–H groups in total. The van der Waals surface area contributed by atoms with Gasteiger partial charge in [0.25, 0.3) is 0 Å². The van der Waals surface area contributed by atoms with Crippen molar-refractivity contribution in [3.63, 3.8) is 0 Å². The van der Waals surface area contributed by atoms with Crippen LogP contribution in [0.4, 0.5) is 11.4 Å². The molecule has 0 fully saturated rings. The molecule has 1 heterocycles. The third-order valence-corrected chi connectivity index (χ3v) is 3.81. The smallest absolute Gasteiger partial charge is 0.0471 e. The number of hydrogen-bond acceptors (Lipinski definition) is 2. The predicted octanol–water partition coefficient (Wildman–Crippen LogP) is 3.49. The number of halogens is 1. The van der Waals surface area contributed by atoms with Crippen molar-refractivity contribution in [3.05, 3.63) is 58.6 Å². The van der Waals surface area contributed by atoms with E-state index < -0.39 is 0 Å². The lowest BCUT2D eigenvalue weighted by molar-refractivity contribution is 0.995. The topological polar surface area (TPSA) is 29.3 Å². The Bertz CT molecular complexity index is 580. The molecule has 0 aliphatic carbocycles. The maximum Gasteiger partial charge on any atom is 0.0471 e. The van der Waals surface area contributed by atoms with E-state index in [1.807, 2.05) is 12.1 Å². The van der Waals surface area contributed by atoms with Gasteiger partial charge in [-0.3, -0.25) is 0 Å². The molecule has 0 spiro atoms. The zero-order valence-corrected chi connectivity index (χ0v) is 10.8. The van der Waals surface area contributed by atoms with E-state index in [0.29, 0.717) is 6.54 Å². The molecule has 0 radical (unpaired) electrons. The summed E-state index contributed by atoms with van der Waals surface area (Å²) in [5.74, 6) is 0. The van der Waals surface area contributed by atoms with Crippen molar-refractivity contribution in [1.82, 2.24) is 0 Å². The molecule has 2 aromatic rings. The third-order valence-electron chi connectivity index (χ3n) is 3.46. The van der Waals surface area contributed by atoms with E-state index in [1.54, 1.807) is 0 Å². The van der Waals surface area contributed by atoms with Crippen molar-refractivity contribution in [2.24, 2.45) is 5.73 Å². The van der Waals surface area contributed by atoms with E-state index >= 15 is 0 Å². The monoisotopic (exact) mass is 258 g/mol. The number of nitrogens with zero attached hydrogens (tertiary/aromatic N) is 1. The number of para-hydroxylation sites is 1. The quantitative estimate of drug-likeness (QED) is 0.893. The second kappa shape index (κ2) is 4.63. The fraction of sp³-hybridized carbons (Fsp3) is 0.200. The Morgan fingerprint density at radius 3 is 2.78 bits per heavy atom. The highest BCUT2D eigenvalue weighted by Crippen LogP contribution is 2.35. The molecule has 0 bridgehead atoms. The summed E-state index contributed by atoms with van der Waals surface area (Å²) in [5.41, 5.74) is 10.5. The Kier molecular flexibility index (Phi) is 2.98. The summed E-state index contributed by atoms with van der Waals surface area (Å²) in [7, 11) is 0. The van der Waals surface area contributed by atoms with Gasteiger partial charge in [-0.2, -0.15) is 0 Å². The van der Waals surface area contributed by atoms with Crippen LogP contribution in [-0.2, 0) is 13.0 Å². The molecule has 0 amide bonds. The first-order valence-electron chi connectivity index (χ1n) is 6.13.